The van der Waals surface area contributed by atoms with Gasteiger partial charge in [-0.25, -0.2) is 0 Å². The number of ether oxygens (including phenoxy) is 1. The Balaban J connectivity index is 1.97. The van der Waals surface area contributed by atoms with Crippen molar-refractivity contribution >= 4 is 29.3 Å². The number of carbonyl (C=O) groups excluding carboxylic acids is 1. The lowest BCUT2D eigenvalue weighted by Crippen LogP contribution is -2.25. The van der Waals surface area contributed by atoms with Gasteiger partial charge in [-0.3, -0.25) is 4.79 Å². The lowest BCUT2D eigenvalue weighted by Gasteiger charge is -2.06. The van der Waals surface area contributed by atoms with E-state index in [4.69, 9.17) is 16.3 Å². The van der Waals surface area contributed by atoms with Gasteiger partial charge in [0, 0.05) is 41.9 Å². The minimum atomic E-state index is 0.102. The van der Waals surface area contributed by atoms with Crippen LogP contribution in [0.2, 0.25) is 5.02 Å². The Hall–Kier alpha value is -0.710. The molecular formula is C16H24ClNO2S. The predicted molar refractivity (Wildman–Crippen MR) is 90.1 cm³/mol. The first-order valence-corrected chi connectivity index (χ1v) is 8.81. The molecule has 0 unspecified atom stereocenters. The fraction of sp³-hybridized carbons (Fsp3) is 0.562. The summed E-state index contributed by atoms with van der Waals surface area (Å²) in [5.41, 5.74) is 0. The molecule has 0 saturated heterocycles. The Kier molecular flexibility index (Phi) is 10.4. The second-order valence-electron chi connectivity index (χ2n) is 4.72. The van der Waals surface area contributed by atoms with Crippen molar-refractivity contribution in [1.29, 1.82) is 0 Å². The SMILES string of the molecule is CCCCOCCCNC(=O)CCSc1ccc(Cl)cc1. The monoisotopic (exact) mass is 329 g/mol. The van der Waals surface area contributed by atoms with Crippen LogP contribution in [0.4, 0.5) is 0 Å². The Morgan fingerprint density at radius 2 is 1.95 bits per heavy atom. The van der Waals surface area contributed by atoms with Gasteiger partial charge in [0.1, 0.15) is 0 Å². The summed E-state index contributed by atoms with van der Waals surface area (Å²) < 4.78 is 5.44. The van der Waals surface area contributed by atoms with E-state index in [-0.39, 0.29) is 5.91 Å². The van der Waals surface area contributed by atoms with Gasteiger partial charge in [0.05, 0.1) is 0 Å². The van der Waals surface area contributed by atoms with Crippen LogP contribution >= 0.6 is 23.4 Å². The smallest absolute Gasteiger partial charge is 0.220 e. The highest BCUT2D eigenvalue weighted by Gasteiger charge is 2.01. The van der Waals surface area contributed by atoms with Gasteiger partial charge in [0.25, 0.3) is 0 Å². The third-order valence-corrected chi connectivity index (χ3v) is 4.11. The Bertz CT molecular complexity index is 398. The van der Waals surface area contributed by atoms with Crippen LogP contribution < -0.4 is 5.32 Å². The highest BCUT2D eigenvalue weighted by Crippen LogP contribution is 2.20. The van der Waals surface area contributed by atoms with Crippen molar-refractivity contribution in [3.05, 3.63) is 29.3 Å². The average Bonchev–Trinajstić information content (AvgIpc) is 2.48. The second-order valence-corrected chi connectivity index (χ2v) is 6.33. The molecule has 0 bridgehead atoms. The zero-order chi connectivity index (χ0) is 15.3. The van der Waals surface area contributed by atoms with Crippen LogP contribution in [0.1, 0.15) is 32.6 Å². The summed E-state index contributed by atoms with van der Waals surface area (Å²) in [4.78, 5) is 12.8. The van der Waals surface area contributed by atoms with Crippen LogP contribution in [0, 0.1) is 0 Å². The van der Waals surface area contributed by atoms with Gasteiger partial charge in [-0.15, -0.1) is 11.8 Å². The largest absolute Gasteiger partial charge is 0.381 e. The van der Waals surface area contributed by atoms with Crippen molar-refractivity contribution in [3.63, 3.8) is 0 Å². The third kappa shape index (κ3) is 9.77. The molecule has 5 heteroatoms. The van der Waals surface area contributed by atoms with Gasteiger partial charge in [0.15, 0.2) is 0 Å². The molecule has 0 spiro atoms. The number of hydrogen-bond acceptors (Lipinski definition) is 3. The molecule has 0 aliphatic rings. The first-order valence-electron chi connectivity index (χ1n) is 7.45. The summed E-state index contributed by atoms with van der Waals surface area (Å²) >= 11 is 7.49. The van der Waals surface area contributed by atoms with Crippen LogP contribution in [-0.4, -0.2) is 31.4 Å². The van der Waals surface area contributed by atoms with Crippen molar-refractivity contribution in [3.8, 4) is 0 Å². The number of unbranched alkanes of at least 4 members (excludes halogenated alkanes) is 1. The molecule has 0 radical (unpaired) electrons. The molecule has 0 aliphatic heterocycles. The zero-order valence-corrected chi connectivity index (χ0v) is 14.1. The Morgan fingerprint density at radius 1 is 1.24 bits per heavy atom. The summed E-state index contributed by atoms with van der Waals surface area (Å²) in [5.74, 6) is 0.880. The van der Waals surface area contributed by atoms with E-state index in [0.717, 1.165) is 48.1 Å². The molecule has 0 aliphatic carbocycles. The number of thioether (sulfide) groups is 1. The molecule has 0 heterocycles. The topological polar surface area (TPSA) is 38.3 Å². The van der Waals surface area contributed by atoms with E-state index in [9.17, 15) is 4.79 Å². The van der Waals surface area contributed by atoms with Crippen molar-refractivity contribution in [2.24, 2.45) is 0 Å². The fourth-order valence-corrected chi connectivity index (χ4v) is 2.61. The number of halogens is 1. The molecule has 3 nitrogen and oxygen atoms in total. The van der Waals surface area contributed by atoms with Crippen molar-refractivity contribution in [1.82, 2.24) is 5.32 Å². The molecule has 0 fully saturated rings. The summed E-state index contributed by atoms with van der Waals surface area (Å²) in [6, 6.07) is 7.67. The van der Waals surface area contributed by atoms with E-state index in [1.807, 2.05) is 24.3 Å². The van der Waals surface area contributed by atoms with E-state index < -0.39 is 0 Å². The van der Waals surface area contributed by atoms with Crippen LogP contribution in [0.3, 0.4) is 0 Å². The van der Waals surface area contributed by atoms with Crippen LogP contribution in [0.15, 0.2) is 29.2 Å². The number of rotatable bonds is 11. The molecule has 1 aromatic rings. The molecular weight excluding hydrogens is 306 g/mol. The maximum Gasteiger partial charge on any atom is 0.220 e. The van der Waals surface area contributed by atoms with E-state index in [2.05, 4.69) is 12.2 Å². The number of nitrogens with one attached hydrogen (secondary N) is 1. The highest BCUT2D eigenvalue weighted by molar-refractivity contribution is 7.99. The molecule has 0 aromatic heterocycles. The van der Waals surface area contributed by atoms with Gasteiger partial charge in [-0.2, -0.15) is 0 Å². The number of benzene rings is 1. The zero-order valence-electron chi connectivity index (χ0n) is 12.6. The predicted octanol–water partition coefficient (Wildman–Crippen LogP) is 4.15. The summed E-state index contributed by atoms with van der Waals surface area (Å²) in [6.07, 6.45) is 3.67. The van der Waals surface area contributed by atoms with E-state index >= 15 is 0 Å². The molecule has 1 amide bonds. The Morgan fingerprint density at radius 3 is 2.67 bits per heavy atom. The quantitative estimate of drug-likeness (QED) is 0.489. The Labute approximate surface area is 136 Å². The minimum Gasteiger partial charge on any atom is -0.381 e. The standard InChI is InChI=1S/C16H24ClNO2S/c1-2-3-11-20-12-4-10-18-16(19)9-13-21-15-7-5-14(17)6-8-15/h5-8H,2-4,9-13H2,1H3,(H,18,19). The number of carbonyl (C=O) groups is 1. The summed E-state index contributed by atoms with van der Waals surface area (Å²) in [7, 11) is 0. The molecule has 1 aromatic carbocycles. The maximum atomic E-state index is 11.6. The molecule has 1 rings (SSSR count). The maximum absolute atomic E-state index is 11.6. The van der Waals surface area contributed by atoms with E-state index in [1.54, 1.807) is 11.8 Å². The van der Waals surface area contributed by atoms with Crippen molar-refractivity contribution in [2.75, 3.05) is 25.5 Å². The van der Waals surface area contributed by atoms with Gasteiger partial charge >= 0.3 is 0 Å². The molecule has 0 atom stereocenters. The molecule has 0 saturated carbocycles. The van der Waals surface area contributed by atoms with Crippen LogP contribution in [0.25, 0.3) is 0 Å². The van der Waals surface area contributed by atoms with Gasteiger partial charge in [-0.1, -0.05) is 24.9 Å². The highest BCUT2D eigenvalue weighted by atomic mass is 35.5. The average molecular weight is 330 g/mol. The molecule has 21 heavy (non-hydrogen) atoms. The molecule has 118 valence electrons. The fourth-order valence-electron chi connectivity index (χ4n) is 1.63. The van der Waals surface area contributed by atoms with Crippen molar-refractivity contribution < 1.29 is 9.53 Å². The van der Waals surface area contributed by atoms with Gasteiger partial charge < -0.3 is 10.1 Å². The second kappa shape index (κ2) is 11.9. The first-order chi connectivity index (χ1) is 10.2. The van der Waals surface area contributed by atoms with E-state index in [0.29, 0.717) is 13.0 Å². The minimum absolute atomic E-state index is 0.102. The van der Waals surface area contributed by atoms with Crippen LogP contribution in [0.5, 0.6) is 0 Å². The normalized spacial score (nSPS) is 10.6. The first kappa shape index (κ1) is 18.3. The lowest BCUT2D eigenvalue weighted by atomic mass is 10.3. The summed E-state index contributed by atoms with van der Waals surface area (Å²) in [5, 5.41) is 3.65. The number of amides is 1. The van der Waals surface area contributed by atoms with Gasteiger partial charge in [-0.05, 0) is 37.1 Å². The van der Waals surface area contributed by atoms with Crippen molar-refractivity contribution in [2.45, 2.75) is 37.5 Å². The molecule has 1 N–H and O–H groups in total. The van der Waals surface area contributed by atoms with Crippen LogP contribution in [-0.2, 0) is 9.53 Å². The van der Waals surface area contributed by atoms with Gasteiger partial charge in [0.2, 0.25) is 5.91 Å². The third-order valence-electron chi connectivity index (χ3n) is 2.84. The summed E-state index contributed by atoms with van der Waals surface area (Å²) in [6.45, 7) is 4.38. The lowest BCUT2D eigenvalue weighted by molar-refractivity contribution is -0.120. The van der Waals surface area contributed by atoms with E-state index in [1.165, 1.54) is 0 Å². The number of hydrogen-bond donors (Lipinski definition) is 1.